The molecule has 12 heteroatoms. The molecule has 37 heavy (non-hydrogen) atoms. The molecule has 0 saturated carbocycles. The van der Waals surface area contributed by atoms with E-state index in [4.69, 9.17) is 11.6 Å². The van der Waals surface area contributed by atoms with Crippen LogP contribution >= 0.6 is 11.6 Å². The van der Waals surface area contributed by atoms with Gasteiger partial charge >= 0.3 is 18.1 Å². The molecule has 1 fully saturated rings. The smallest absolute Gasteiger partial charge is 0.370 e. The normalized spacial score (nSPS) is 19.1. The van der Waals surface area contributed by atoms with Gasteiger partial charge in [-0.15, -0.1) is 0 Å². The molecule has 4 rings (SSSR count). The van der Waals surface area contributed by atoms with Crippen LogP contribution in [-0.4, -0.2) is 73.9 Å². The molecule has 2 aliphatic heterocycles. The number of hydrogen-bond acceptors (Lipinski definition) is 4. The van der Waals surface area contributed by atoms with Gasteiger partial charge in [-0.25, -0.2) is 4.79 Å². The van der Waals surface area contributed by atoms with E-state index in [1.165, 1.54) is 17.0 Å². The zero-order valence-electron chi connectivity index (χ0n) is 20.4. The molecule has 0 aromatic heterocycles. The molecule has 6 nitrogen and oxygen atoms in total. The summed E-state index contributed by atoms with van der Waals surface area (Å²) in [6.45, 7) is 2.31. The van der Waals surface area contributed by atoms with E-state index >= 15 is 0 Å². The Morgan fingerprint density at radius 3 is 2.41 bits per heavy atom. The summed E-state index contributed by atoms with van der Waals surface area (Å²) >= 11 is 6.28. The van der Waals surface area contributed by atoms with Crippen molar-refractivity contribution < 1.29 is 26.7 Å². The van der Waals surface area contributed by atoms with E-state index in [0.717, 1.165) is 17.1 Å². The highest BCUT2D eigenvalue weighted by Gasteiger charge is 2.62. The van der Waals surface area contributed by atoms with E-state index in [2.05, 4.69) is 10.0 Å². The second kappa shape index (κ2) is 10.4. The van der Waals surface area contributed by atoms with Gasteiger partial charge in [0.05, 0.1) is 16.8 Å². The highest BCUT2D eigenvalue weighted by atomic mass is 35.5. The molecule has 0 radical (unpaired) electrons. The van der Waals surface area contributed by atoms with E-state index in [0.29, 0.717) is 31.7 Å². The summed E-state index contributed by atoms with van der Waals surface area (Å²) < 4.78 is 68.2. The molecule has 0 spiro atoms. The minimum atomic E-state index is -5.77. The molecular weight excluding hydrogens is 517 g/mol. The molecule has 2 aromatic carbocycles. The van der Waals surface area contributed by atoms with Crippen molar-refractivity contribution in [3.63, 3.8) is 0 Å². The number of nitrogens with zero attached hydrogens (tertiary/aromatic N) is 5. The Balaban J connectivity index is 1.64. The minimum absolute atomic E-state index is 0.0767. The molecular formula is C25H27ClF5N5O. The Morgan fingerprint density at radius 1 is 1.00 bits per heavy atom. The molecule has 0 aliphatic carbocycles. The highest BCUT2D eigenvalue weighted by molar-refractivity contribution is 6.33. The summed E-state index contributed by atoms with van der Waals surface area (Å²) in [6.07, 6.45) is -5.66. The predicted octanol–water partition coefficient (Wildman–Crippen LogP) is 6.04. The number of carbonyl (C=O) groups is 1. The highest BCUT2D eigenvalue weighted by Crippen LogP contribution is 2.46. The molecule has 1 unspecified atom stereocenters. The largest absolute Gasteiger partial charge is 0.459 e. The average Bonchev–Trinajstić information content (AvgIpc) is 3.15. The van der Waals surface area contributed by atoms with Crippen LogP contribution in [0.1, 0.15) is 24.4 Å². The summed E-state index contributed by atoms with van der Waals surface area (Å²) in [7, 11) is 3.39. The second-order valence-electron chi connectivity index (χ2n) is 9.23. The Kier molecular flexibility index (Phi) is 7.55. The lowest BCUT2D eigenvalue weighted by Gasteiger charge is -2.28. The lowest BCUT2D eigenvalue weighted by atomic mass is 9.98. The number of anilines is 2. The second-order valence-corrected chi connectivity index (χ2v) is 9.64. The Bertz CT molecular complexity index is 1170. The standard InChI is InChI=1S/C25H27ClF5N5O/c1-33(2)23(37)35-12-6-11-34(13-14-35)18-8-5-7-17(15-18)21-16-22(24(27,28)25(29,30)31)32-36(21)20-10-4-3-9-19(20)26/h3-5,7-10,15,21H,6,11-14,16H2,1-2H3. The number of carbonyl (C=O) groups excluding carboxylic acids is 1. The third kappa shape index (κ3) is 5.46. The fourth-order valence-corrected chi connectivity index (χ4v) is 4.78. The first kappa shape index (κ1) is 27.0. The maximum absolute atomic E-state index is 14.3. The molecule has 2 heterocycles. The van der Waals surface area contributed by atoms with Gasteiger partial charge in [0.2, 0.25) is 0 Å². The third-order valence-corrected chi connectivity index (χ3v) is 6.82. The molecule has 0 bridgehead atoms. The Morgan fingerprint density at radius 2 is 1.73 bits per heavy atom. The van der Waals surface area contributed by atoms with Crippen LogP contribution in [0.2, 0.25) is 5.02 Å². The maximum Gasteiger partial charge on any atom is 0.459 e. The lowest BCUT2D eigenvalue weighted by Crippen LogP contribution is -2.43. The molecule has 1 saturated heterocycles. The molecule has 2 amide bonds. The van der Waals surface area contributed by atoms with Gasteiger partial charge in [0, 0.05) is 52.4 Å². The van der Waals surface area contributed by atoms with Crippen molar-refractivity contribution in [2.75, 3.05) is 50.2 Å². The number of para-hydroxylation sites is 1. The predicted molar refractivity (Wildman–Crippen MR) is 134 cm³/mol. The van der Waals surface area contributed by atoms with Gasteiger partial charge in [0.15, 0.2) is 0 Å². The van der Waals surface area contributed by atoms with Crippen molar-refractivity contribution in [2.45, 2.75) is 31.0 Å². The van der Waals surface area contributed by atoms with E-state index < -0.39 is 30.3 Å². The first-order valence-electron chi connectivity index (χ1n) is 11.8. The first-order valence-corrected chi connectivity index (χ1v) is 12.2. The summed E-state index contributed by atoms with van der Waals surface area (Å²) in [5.74, 6) is -5.08. The van der Waals surface area contributed by atoms with Crippen LogP contribution in [0, 0.1) is 0 Å². The van der Waals surface area contributed by atoms with Gasteiger partial charge in [0.25, 0.3) is 0 Å². The molecule has 1 atom stereocenters. The molecule has 200 valence electrons. The Labute approximate surface area is 216 Å². The van der Waals surface area contributed by atoms with Crippen LogP contribution in [-0.2, 0) is 0 Å². The third-order valence-electron chi connectivity index (χ3n) is 6.50. The quantitative estimate of drug-likeness (QED) is 0.442. The molecule has 0 N–H and O–H groups in total. The summed E-state index contributed by atoms with van der Waals surface area (Å²) in [4.78, 5) is 17.7. The van der Waals surface area contributed by atoms with Crippen LogP contribution < -0.4 is 9.91 Å². The monoisotopic (exact) mass is 543 g/mol. The number of amides is 2. The number of rotatable bonds is 4. The Hall–Kier alpha value is -3.08. The lowest BCUT2D eigenvalue weighted by molar-refractivity contribution is -0.249. The van der Waals surface area contributed by atoms with E-state index in [1.54, 1.807) is 49.3 Å². The van der Waals surface area contributed by atoms with Crippen molar-refractivity contribution in [1.82, 2.24) is 9.80 Å². The van der Waals surface area contributed by atoms with Crippen molar-refractivity contribution in [3.8, 4) is 0 Å². The van der Waals surface area contributed by atoms with Crippen molar-refractivity contribution in [1.29, 1.82) is 0 Å². The molecule has 2 aliphatic rings. The van der Waals surface area contributed by atoms with Gasteiger partial charge in [0.1, 0.15) is 5.71 Å². The minimum Gasteiger partial charge on any atom is -0.370 e. The van der Waals surface area contributed by atoms with Crippen LogP contribution in [0.15, 0.2) is 53.6 Å². The van der Waals surface area contributed by atoms with E-state index in [-0.39, 0.29) is 16.7 Å². The van der Waals surface area contributed by atoms with Crippen LogP contribution in [0.5, 0.6) is 0 Å². The van der Waals surface area contributed by atoms with E-state index in [9.17, 15) is 26.7 Å². The van der Waals surface area contributed by atoms with Gasteiger partial charge in [-0.2, -0.15) is 27.1 Å². The first-order chi connectivity index (χ1) is 17.4. The number of hydrogen-bond donors (Lipinski definition) is 0. The SMILES string of the molecule is CN(C)C(=O)N1CCCN(c2cccc(C3CC(C(F)(F)C(F)(F)F)=NN3c3ccccc3Cl)c2)CC1. The van der Waals surface area contributed by atoms with Crippen molar-refractivity contribution in [3.05, 3.63) is 59.1 Å². The number of urea groups is 1. The summed E-state index contributed by atoms with van der Waals surface area (Å²) in [5, 5.41) is 5.08. The zero-order chi connectivity index (χ0) is 27.0. The topological polar surface area (TPSA) is 42.4 Å². The maximum atomic E-state index is 14.3. The number of hydrazone groups is 1. The fourth-order valence-electron chi connectivity index (χ4n) is 4.56. The van der Waals surface area contributed by atoms with Crippen LogP contribution in [0.4, 0.5) is 38.1 Å². The number of halogens is 6. The number of benzene rings is 2. The summed E-state index contributed by atoms with van der Waals surface area (Å²) in [6, 6.07) is 12.4. The fraction of sp³-hybridized carbons (Fsp3) is 0.440. The van der Waals surface area contributed by atoms with E-state index in [1.807, 2.05) is 6.07 Å². The molecule has 2 aromatic rings. The van der Waals surface area contributed by atoms with Gasteiger partial charge in [-0.1, -0.05) is 35.9 Å². The zero-order valence-corrected chi connectivity index (χ0v) is 21.1. The van der Waals surface area contributed by atoms with Crippen LogP contribution in [0.25, 0.3) is 0 Å². The van der Waals surface area contributed by atoms with Crippen molar-refractivity contribution in [2.24, 2.45) is 5.10 Å². The van der Waals surface area contributed by atoms with Gasteiger partial charge in [-0.3, -0.25) is 5.01 Å². The van der Waals surface area contributed by atoms with Gasteiger partial charge < -0.3 is 14.7 Å². The average molecular weight is 544 g/mol. The summed E-state index contributed by atoms with van der Waals surface area (Å²) in [5.41, 5.74) is 0.287. The number of alkyl halides is 5. The van der Waals surface area contributed by atoms with Crippen molar-refractivity contribution >= 4 is 34.7 Å². The van der Waals surface area contributed by atoms with Crippen LogP contribution in [0.3, 0.4) is 0 Å². The van der Waals surface area contributed by atoms with Gasteiger partial charge in [-0.05, 0) is 36.2 Å².